The minimum atomic E-state index is -0.142. The maximum absolute atomic E-state index is 12.9. The molecule has 0 aliphatic carbocycles. The van der Waals surface area contributed by atoms with Gasteiger partial charge in [0, 0.05) is 6.42 Å². The molecule has 1 aliphatic rings. The molecule has 4 rings (SSSR count). The first-order chi connectivity index (χ1) is 14.2. The first kappa shape index (κ1) is 19.0. The normalized spacial score (nSPS) is 18.2. The molecule has 2 atom stereocenters. The summed E-state index contributed by atoms with van der Waals surface area (Å²) in [6.45, 7) is 1.86. The number of methoxy groups -OCH3 is 2. The van der Waals surface area contributed by atoms with E-state index >= 15 is 0 Å². The highest BCUT2D eigenvalue weighted by molar-refractivity contribution is 5.92. The summed E-state index contributed by atoms with van der Waals surface area (Å²) < 4.78 is 12.4. The summed E-state index contributed by atoms with van der Waals surface area (Å²) in [5.74, 6) is 2.18. The fraction of sp³-hybridized carbons (Fsp3) is 0.318. The Morgan fingerprint density at radius 3 is 2.03 bits per heavy atom. The summed E-state index contributed by atoms with van der Waals surface area (Å²) in [5.41, 5.74) is 2.14. The maximum atomic E-state index is 12.9. The van der Waals surface area contributed by atoms with Crippen LogP contribution < -0.4 is 14.4 Å². The molecule has 7 heteroatoms. The smallest absolute Gasteiger partial charge is 0.231 e. The average Bonchev–Trinajstić information content (AvgIpc) is 3.27. The highest BCUT2D eigenvalue weighted by Gasteiger charge is 2.38. The van der Waals surface area contributed by atoms with E-state index in [1.807, 2.05) is 60.1 Å². The van der Waals surface area contributed by atoms with E-state index in [2.05, 4.69) is 10.1 Å². The van der Waals surface area contributed by atoms with Crippen molar-refractivity contribution in [1.29, 1.82) is 0 Å². The number of hydrogen-bond acceptors (Lipinski definition) is 5. The first-order valence-corrected chi connectivity index (χ1v) is 9.65. The van der Waals surface area contributed by atoms with E-state index in [0.717, 1.165) is 22.6 Å². The number of anilines is 1. The summed E-state index contributed by atoms with van der Waals surface area (Å²) in [6, 6.07) is 15.7. The van der Waals surface area contributed by atoms with Gasteiger partial charge in [0.25, 0.3) is 0 Å². The Hall–Kier alpha value is -3.35. The molecule has 2 aromatic carbocycles. The van der Waals surface area contributed by atoms with E-state index in [4.69, 9.17) is 9.47 Å². The van der Waals surface area contributed by atoms with Crippen LogP contribution in [0.4, 0.5) is 5.95 Å². The zero-order valence-electron chi connectivity index (χ0n) is 16.8. The number of carbonyl (C=O) groups excluding carboxylic acids is 1. The van der Waals surface area contributed by atoms with Gasteiger partial charge >= 0.3 is 0 Å². The molecule has 1 aromatic heterocycles. The van der Waals surface area contributed by atoms with Gasteiger partial charge in [0.05, 0.1) is 26.3 Å². The number of amides is 1. The monoisotopic (exact) mass is 392 g/mol. The Labute approximate surface area is 169 Å². The van der Waals surface area contributed by atoms with Crippen LogP contribution in [0, 0.1) is 0 Å². The van der Waals surface area contributed by atoms with Crippen LogP contribution in [0.15, 0.2) is 54.9 Å². The van der Waals surface area contributed by atoms with Crippen LogP contribution in [0.25, 0.3) is 0 Å². The third kappa shape index (κ3) is 3.44. The maximum Gasteiger partial charge on any atom is 0.231 e. The lowest BCUT2D eigenvalue weighted by atomic mass is 9.91. The van der Waals surface area contributed by atoms with Crippen LogP contribution >= 0.6 is 0 Å². The number of rotatable bonds is 5. The Morgan fingerprint density at radius 1 is 0.966 bits per heavy atom. The molecule has 2 heterocycles. The third-order valence-electron chi connectivity index (χ3n) is 5.40. The molecule has 150 valence electrons. The summed E-state index contributed by atoms with van der Waals surface area (Å²) in [7, 11) is 3.30. The molecule has 1 amide bonds. The van der Waals surface area contributed by atoms with Gasteiger partial charge in [-0.15, -0.1) is 0 Å². The van der Waals surface area contributed by atoms with Crippen molar-refractivity contribution in [3.05, 3.63) is 66.0 Å². The Kier molecular flexibility index (Phi) is 5.20. The molecule has 0 saturated heterocycles. The largest absolute Gasteiger partial charge is 0.497 e. The van der Waals surface area contributed by atoms with Crippen molar-refractivity contribution in [3.8, 4) is 11.5 Å². The van der Waals surface area contributed by atoms with Gasteiger partial charge in [-0.3, -0.25) is 9.69 Å². The minimum absolute atomic E-state index is 0.0215. The predicted octanol–water partition coefficient (Wildman–Crippen LogP) is 3.77. The van der Waals surface area contributed by atoms with E-state index in [9.17, 15) is 4.79 Å². The van der Waals surface area contributed by atoms with Crippen molar-refractivity contribution in [2.24, 2.45) is 0 Å². The topological polar surface area (TPSA) is 69.5 Å². The lowest BCUT2D eigenvalue weighted by molar-refractivity contribution is -0.119. The van der Waals surface area contributed by atoms with Gasteiger partial charge in [0.2, 0.25) is 11.9 Å². The van der Waals surface area contributed by atoms with Crippen LogP contribution in [0.5, 0.6) is 11.5 Å². The Morgan fingerprint density at radius 2 is 1.52 bits per heavy atom. The number of hydrogen-bond donors (Lipinski definition) is 0. The summed E-state index contributed by atoms with van der Waals surface area (Å²) in [4.78, 5) is 19.1. The Balaban J connectivity index is 1.79. The molecular weight excluding hydrogens is 368 g/mol. The zero-order chi connectivity index (χ0) is 20.4. The average molecular weight is 392 g/mol. The van der Waals surface area contributed by atoms with Gasteiger partial charge < -0.3 is 9.47 Å². The van der Waals surface area contributed by atoms with Crippen molar-refractivity contribution >= 4 is 11.9 Å². The van der Waals surface area contributed by atoms with Gasteiger partial charge in [0.1, 0.15) is 17.8 Å². The second-order valence-electron chi connectivity index (χ2n) is 6.94. The third-order valence-corrected chi connectivity index (χ3v) is 5.40. The fourth-order valence-corrected chi connectivity index (χ4v) is 3.86. The van der Waals surface area contributed by atoms with Crippen molar-refractivity contribution < 1.29 is 14.3 Å². The highest BCUT2D eigenvalue weighted by atomic mass is 16.5. The van der Waals surface area contributed by atoms with E-state index in [0.29, 0.717) is 18.8 Å². The van der Waals surface area contributed by atoms with Crippen molar-refractivity contribution in [2.75, 3.05) is 19.1 Å². The van der Waals surface area contributed by atoms with Crippen molar-refractivity contribution in [1.82, 2.24) is 14.8 Å². The van der Waals surface area contributed by atoms with Gasteiger partial charge in [-0.25, -0.2) is 4.68 Å². The molecule has 7 nitrogen and oxygen atoms in total. The lowest BCUT2D eigenvalue weighted by Crippen LogP contribution is -2.42. The van der Waals surface area contributed by atoms with Gasteiger partial charge in [0.15, 0.2) is 0 Å². The fourth-order valence-electron chi connectivity index (χ4n) is 3.86. The van der Waals surface area contributed by atoms with E-state index in [-0.39, 0.29) is 18.0 Å². The second kappa shape index (κ2) is 7.95. The van der Waals surface area contributed by atoms with E-state index in [1.165, 1.54) is 6.33 Å². The molecule has 1 aliphatic heterocycles. The van der Waals surface area contributed by atoms with Gasteiger partial charge in [-0.1, -0.05) is 31.2 Å². The highest BCUT2D eigenvalue weighted by Crippen LogP contribution is 2.42. The number of ether oxygens (including phenoxy) is 2. The SMILES string of the molecule is CCC(=O)N1c2ncnn2[C@@H](c2ccc(OC)cc2)C[C@@H]1c1ccc(OC)cc1. The summed E-state index contributed by atoms with van der Waals surface area (Å²) in [6.07, 6.45) is 2.60. The first-order valence-electron chi connectivity index (χ1n) is 9.65. The number of carbonyl (C=O) groups is 1. The predicted molar refractivity (Wildman–Crippen MR) is 109 cm³/mol. The zero-order valence-corrected chi connectivity index (χ0v) is 16.8. The number of nitrogens with zero attached hydrogens (tertiary/aromatic N) is 4. The van der Waals surface area contributed by atoms with Gasteiger partial charge in [-0.05, 0) is 41.8 Å². The Bertz CT molecular complexity index is 982. The minimum Gasteiger partial charge on any atom is -0.497 e. The molecule has 0 unspecified atom stereocenters. The van der Waals surface area contributed by atoms with Crippen LogP contribution in [-0.2, 0) is 4.79 Å². The molecule has 0 spiro atoms. The van der Waals surface area contributed by atoms with Crippen molar-refractivity contribution in [3.63, 3.8) is 0 Å². The molecular formula is C22H24N4O3. The van der Waals surface area contributed by atoms with Crippen LogP contribution in [0.1, 0.15) is 43.0 Å². The molecule has 0 N–H and O–H groups in total. The number of benzene rings is 2. The molecule has 0 radical (unpaired) electrons. The number of fused-ring (bicyclic) bond motifs is 1. The van der Waals surface area contributed by atoms with Crippen LogP contribution in [0.3, 0.4) is 0 Å². The molecule has 0 saturated carbocycles. The quantitative estimate of drug-likeness (QED) is 0.661. The second-order valence-corrected chi connectivity index (χ2v) is 6.94. The molecule has 0 bridgehead atoms. The molecule has 0 fully saturated rings. The summed E-state index contributed by atoms with van der Waals surface area (Å²) in [5, 5.41) is 4.44. The number of aromatic nitrogens is 3. The summed E-state index contributed by atoms with van der Waals surface area (Å²) >= 11 is 0. The van der Waals surface area contributed by atoms with Crippen molar-refractivity contribution in [2.45, 2.75) is 31.8 Å². The van der Waals surface area contributed by atoms with Crippen LogP contribution in [-0.4, -0.2) is 34.9 Å². The lowest BCUT2D eigenvalue weighted by Gasteiger charge is -2.39. The van der Waals surface area contributed by atoms with Gasteiger partial charge in [-0.2, -0.15) is 10.1 Å². The van der Waals surface area contributed by atoms with E-state index in [1.54, 1.807) is 19.1 Å². The van der Waals surface area contributed by atoms with E-state index < -0.39 is 0 Å². The molecule has 3 aromatic rings. The molecule has 29 heavy (non-hydrogen) atoms. The standard InChI is InChI=1S/C22H24N4O3/c1-4-21(27)25-19(15-5-9-17(28-2)10-6-15)13-20(26-22(25)23-14-24-26)16-7-11-18(29-3)12-8-16/h5-12,14,19-20H,4,13H2,1-3H3/t19-,20-/m1/s1. The van der Waals surface area contributed by atoms with Crippen LogP contribution in [0.2, 0.25) is 0 Å².